The third kappa shape index (κ3) is 4.27. The molecule has 0 unspecified atom stereocenters. The molecule has 0 amide bonds. The van der Waals surface area contributed by atoms with Gasteiger partial charge in [0.25, 0.3) is 5.56 Å². The highest BCUT2D eigenvalue weighted by Gasteiger charge is 2.15. The molecule has 2 N–H and O–H groups in total. The molecule has 32 heavy (non-hydrogen) atoms. The fourth-order valence-electron chi connectivity index (χ4n) is 3.19. The number of rotatable bonds is 7. The van der Waals surface area contributed by atoms with Crippen LogP contribution in [0.5, 0.6) is 11.5 Å². The summed E-state index contributed by atoms with van der Waals surface area (Å²) < 4.78 is 12.4. The number of nitrogens with one attached hydrogen (secondary N) is 2. The van der Waals surface area contributed by atoms with Gasteiger partial charge in [-0.15, -0.1) is 0 Å². The zero-order valence-corrected chi connectivity index (χ0v) is 18.0. The minimum absolute atomic E-state index is 0.341. The standard InChI is InChI=1S/C23H23N5O4/c1-27(20-13-22(29)28(2)23(30)24-20)21-12-18(25-26-21)17-10-9-16(11-19(17)31-3)32-14-15-7-5-4-6-8-15/h4-13H,14H2,1-3H3,(H,24,30)(H,25,26). The second-order valence-corrected chi connectivity index (χ2v) is 7.19. The smallest absolute Gasteiger partial charge is 0.329 e. The van der Waals surface area contributed by atoms with Crippen molar-refractivity contribution >= 4 is 11.6 Å². The van der Waals surface area contributed by atoms with E-state index < -0.39 is 11.2 Å². The van der Waals surface area contributed by atoms with Gasteiger partial charge in [-0.3, -0.25) is 19.4 Å². The van der Waals surface area contributed by atoms with E-state index in [1.165, 1.54) is 13.1 Å². The maximum atomic E-state index is 11.9. The van der Waals surface area contributed by atoms with E-state index in [2.05, 4.69) is 15.2 Å². The van der Waals surface area contributed by atoms with Crippen molar-refractivity contribution in [3.8, 4) is 22.8 Å². The number of methoxy groups -OCH3 is 1. The first-order chi connectivity index (χ1) is 15.5. The van der Waals surface area contributed by atoms with Crippen LogP contribution in [0.2, 0.25) is 0 Å². The largest absolute Gasteiger partial charge is 0.496 e. The molecule has 4 rings (SSSR count). The van der Waals surface area contributed by atoms with Crippen molar-refractivity contribution < 1.29 is 9.47 Å². The van der Waals surface area contributed by atoms with Gasteiger partial charge >= 0.3 is 5.69 Å². The van der Waals surface area contributed by atoms with Crippen molar-refractivity contribution in [2.45, 2.75) is 6.61 Å². The van der Waals surface area contributed by atoms with Crippen LogP contribution in [0.25, 0.3) is 11.3 Å². The van der Waals surface area contributed by atoms with E-state index in [0.29, 0.717) is 35.4 Å². The summed E-state index contributed by atoms with van der Waals surface area (Å²) in [6.45, 7) is 0.455. The number of aromatic nitrogens is 4. The Labute approximate surface area is 183 Å². The SMILES string of the molecule is COc1cc(OCc2ccccc2)ccc1-c1cc(N(C)c2cc(=O)n(C)c(=O)[nH]2)n[nH]1. The first kappa shape index (κ1) is 21.0. The van der Waals surface area contributed by atoms with Crippen LogP contribution in [0.15, 0.2) is 70.3 Å². The quantitative estimate of drug-likeness (QED) is 0.464. The fourth-order valence-corrected chi connectivity index (χ4v) is 3.19. The molecule has 4 aromatic rings. The van der Waals surface area contributed by atoms with Gasteiger partial charge in [-0.05, 0) is 17.7 Å². The van der Waals surface area contributed by atoms with Gasteiger partial charge < -0.3 is 14.4 Å². The zero-order valence-electron chi connectivity index (χ0n) is 18.0. The van der Waals surface area contributed by atoms with Crippen LogP contribution in [-0.4, -0.2) is 33.9 Å². The van der Waals surface area contributed by atoms with Gasteiger partial charge in [0.05, 0.1) is 12.8 Å². The van der Waals surface area contributed by atoms with Crippen molar-refractivity contribution in [2.75, 3.05) is 19.1 Å². The molecule has 0 spiro atoms. The van der Waals surface area contributed by atoms with Crippen LogP contribution < -0.4 is 25.6 Å². The van der Waals surface area contributed by atoms with E-state index in [4.69, 9.17) is 9.47 Å². The van der Waals surface area contributed by atoms with Crippen LogP contribution in [0.4, 0.5) is 11.6 Å². The van der Waals surface area contributed by atoms with E-state index in [1.807, 2.05) is 48.5 Å². The number of aromatic amines is 2. The molecule has 0 saturated heterocycles. The van der Waals surface area contributed by atoms with Crippen molar-refractivity contribution in [3.63, 3.8) is 0 Å². The molecule has 2 aromatic heterocycles. The van der Waals surface area contributed by atoms with E-state index in [0.717, 1.165) is 15.7 Å². The molecule has 9 heteroatoms. The van der Waals surface area contributed by atoms with Crippen molar-refractivity contribution in [2.24, 2.45) is 7.05 Å². The monoisotopic (exact) mass is 433 g/mol. The predicted octanol–water partition coefficient (Wildman–Crippen LogP) is 2.82. The maximum Gasteiger partial charge on any atom is 0.329 e. The summed E-state index contributed by atoms with van der Waals surface area (Å²) in [7, 11) is 4.72. The molecule has 0 aliphatic carbocycles. The van der Waals surface area contributed by atoms with Gasteiger partial charge in [0.2, 0.25) is 0 Å². The Morgan fingerprint density at radius 1 is 1.06 bits per heavy atom. The number of benzene rings is 2. The Hall–Kier alpha value is -4.27. The Morgan fingerprint density at radius 2 is 1.84 bits per heavy atom. The molecule has 0 fully saturated rings. The zero-order chi connectivity index (χ0) is 22.7. The van der Waals surface area contributed by atoms with Gasteiger partial charge in [0.1, 0.15) is 23.9 Å². The lowest BCUT2D eigenvalue weighted by molar-refractivity contribution is 0.304. The Kier molecular flexibility index (Phi) is 5.80. The molecule has 0 aliphatic heterocycles. The molecule has 0 saturated carbocycles. The fraction of sp³-hybridized carbons (Fsp3) is 0.174. The van der Waals surface area contributed by atoms with E-state index in [9.17, 15) is 9.59 Å². The second-order valence-electron chi connectivity index (χ2n) is 7.19. The number of nitrogens with zero attached hydrogens (tertiary/aromatic N) is 3. The minimum Gasteiger partial charge on any atom is -0.496 e. The Morgan fingerprint density at radius 3 is 2.56 bits per heavy atom. The van der Waals surface area contributed by atoms with Gasteiger partial charge in [-0.25, -0.2) is 4.79 Å². The van der Waals surface area contributed by atoms with Crippen molar-refractivity contribution in [1.29, 1.82) is 0 Å². The second kappa shape index (κ2) is 8.84. The topological polar surface area (TPSA) is 105 Å². The van der Waals surface area contributed by atoms with Gasteiger partial charge in [-0.2, -0.15) is 5.10 Å². The molecule has 0 aliphatic rings. The van der Waals surface area contributed by atoms with Gasteiger partial charge in [0, 0.05) is 37.9 Å². The number of H-pyrrole nitrogens is 2. The van der Waals surface area contributed by atoms with E-state index in [-0.39, 0.29) is 0 Å². The molecule has 2 heterocycles. The third-order valence-electron chi connectivity index (χ3n) is 5.11. The van der Waals surface area contributed by atoms with Gasteiger partial charge in [0.15, 0.2) is 5.82 Å². The summed E-state index contributed by atoms with van der Waals surface area (Å²) in [5.41, 5.74) is 1.68. The maximum absolute atomic E-state index is 11.9. The van der Waals surface area contributed by atoms with Crippen LogP contribution in [0.1, 0.15) is 5.56 Å². The molecule has 2 aromatic carbocycles. The molecular formula is C23H23N5O4. The highest BCUT2D eigenvalue weighted by molar-refractivity contribution is 5.72. The molecule has 9 nitrogen and oxygen atoms in total. The predicted molar refractivity (Wildman–Crippen MR) is 122 cm³/mol. The minimum atomic E-state index is -0.497. The van der Waals surface area contributed by atoms with Crippen LogP contribution >= 0.6 is 0 Å². The molecule has 0 radical (unpaired) electrons. The van der Waals surface area contributed by atoms with Gasteiger partial charge in [-0.1, -0.05) is 30.3 Å². The number of hydrogen-bond acceptors (Lipinski definition) is 6. The molecule has 0 bridgehead atoms. The average molecular weight is 433 g/mol. The third-order valence-corrected chi connectivity index (χ3v) is 5.11. The number of hydrogen-bond donors (Lipinski definition) is 2. The van der Waals surface area contributed by atoms with Crippen LogP contribution in [-0.2, 0) is 13.7 Å². The Bertz CT molecular complexity index is 1310. The summed E-state index contributed by atoms with van der Waals surface area (Å²) in [4.78, 5) is 28.1. The summed E-state index contributed by atoms with van der Waals surface area (Å²) in [5, 5.41) is 7.29. The molecule has 164 valence electrons. The number of ether oxygens (including phenoxy) is 2. The summed E-state index contributed by atoms with van der Waals surface area (Å²) >= 11 is 0. The number of anilines is 2. The molecular weight excluding hydrogens is 410 g/mol. The highest BCUT2D eigenvalue weighted by atomic mass is 16.5. The first-order valence-corrected chi connectivity index (χ1v) is 9.91. The lowest BCUT2D eigenvalue weighted by Crippen LogP contribution is -2.33. The van der Waals surface area contributed by atoms with Crippen molar-refractivity contribution in [3.05, 3.63) is 87.1 Å². The Balaban J connectivity index is 1.56. The lowest BCUT2D eigenvalue weighted by Gasteiger charge is -2.15. The van der Waals surface area contributed by atoms with E-state index >= 15 is 0 Å². The molecule has 0 atom stereocenters. The summed E-state index contributed by atoms with van der Waals surface area (Å²) in [6.07, 6.45) is 0. The lowest BCUT2D eigenvalue weighted by atomic mass is 10.1. The summed E-state index contributed by atoms with van der Waals surface area (Å²) in [6, 6.07) is 18.6. The van der Waals surface area contributed by atoms with E-state index in [1.54, 1.807) is 25.1 Å². The highest BCUT2D eigenvalue weighted by Crippen LogP contribution is 2.34. The normalized spacial score (nSPS) is 10.7. The van der Waals surface area contributed by atoms with Crippen molar-refractivity contribution in [1.82, 2.24) is 19.7 Å². The van der Waals surface area contributed by atoms with Crippen LogP contribution in [0.3, 0.4) is 0 Å². The average Bonchev–Trinajstić information content (AvgIpc) is 3.31. The first-order valence-electron chi connectivity index (χ1n) is 9.91. The van der Waals surface area contributed by atoms with Crippen LogP contribution in [0, 0.1) is 0 Å². The summed E-state index contributed by atoms with van der Waals surface area (Å²) in [5.74, 6) is 2.17.